The van der Waals surface area contributed by atoms with Crippen LogP contribution in [0.5, 0.6) is 5.75 Å². The van der Waals surface area contributed by atoms with E-state index in [0.717, 1.165) is 26.2 Å². The lowest BCUT2D eigenvalue weighted by Gasteiger charge is -2.32. The molecular formula is C22H24F5N3O4. The molecule has 1 aromatic heterocycles. The number of aliphatic hydroxyl groups is 1. The highest BCUT2D eigenvalue weighted by Gasteiger charge is 2.65. The monoisotopic (exact) mass is 489 g/mol. The smallest absolute Gasteiger partial charge is 0.417 e. The summed E-state index contributed by atoms with van der Waals surface area (Å²) in [7, 11) is 1.04. The van der Waals surface area contributed by atoms with E-state index in [1.807, 2.05) is 0 Å². The number of rotatable bonds is 5. The second kappa shape index (κ2) is 8.73. The maximum atomic E-state index is 14.4. The second-order valence-electron chi connectivity index (χ2n) is 8.79. The number of nitrogens with one attached hydrogen (secondary N) is 1. The van der Waals surface area contributed by atoms with E-state index in [1.165, 1.54) is 33.2 Å². The molecule has 1 saturated heterocycles. The van der Waals surface area contributed by atoms with Crippen molar-refractivity contribution in [2.75, 3.05) is 12.4 Å². The molecule has 0 bridgehead atoms. The molecule has 2 aromatic rings. The Labute approximate surface area is 192 Å². The van der Waals surface area contributed by atoms with Crippen molar-refractivity contribution in [2.24, 2.45) is 5.92 Å². The summed E-state index contributed by atoms with van der Waals surface area (Å²) in [4.78, 5) is 20.9. The van der Waals surface area contributed by atoms with Crippen LogP contribution in [0, 0.1) is 17.6 Å². The van der Waals surface area contributed by atoms with Crippen LogP contribution in [0.15, 0.2) is 24.5 Å². The van der Waals surface area contributed by atoms with Crippen LogP contribution in [0.25, 0.3) is 0 Å². The molecule has 0 unspecified atom stereocenters. The highest BCUT2D eigenvalue weighted by atomic mass is 19.4. The fourth-order valence-corrected chi connectivity index (χ4v) is 3.96. The molecule has 4 atom stereocenters. The lowest BCUT2D eigenvalue weighted by molar-refractivity contribution is -0.272. The Morgan fingerprint density at radius 3 is 2.29 bits per heavy atom. The Kier molecular flexibility index (Phi) is 6.61. The summed E-state index contributed by atoms with van der Waals surface area (Å²) in [5.74, 6) is -6.88. The molecule has 1 aliphatic heterocycles. The number of methoxy groups -OCH3 is 1. The van der Waals surface area contributed by atoms with Crippen LogP contribution in [-0.4, -0.2) is 46.0 Å². The Bertz CT molecular complexity index is 1070. The van der Waals surface area contributed by atoms with Crippen molar-refractivity contribution in [3.63, 3.8) is 0 Å². The Hall–Kier alpha value is -2.86. The van der Waals surface area contributed by atoms with E-state index in [4.69, 9.17) is 9.47 Å². The number of hydrogen-bond acceptors (Lipinski definition) is 6. The number of alkyl halides is 3. The number of nitrogens with zero attached hydrogens (tertiary/aromatic N) is 2. The fourth-order valence-electron chi connectivity index (χ4n) is 3.96. The van der Waals surface area contributed by atoms with Crippen LogP contribution < -0.4 is 10.1 Å². The van der Waals surface area contributed by atoms with E-state index in [9.17, 15) is 31.9 Å². The van der Waals surface area contributed by atoms with Gasteiger partial charge in [-0.2, -0.15) is 17.6 Å². The number of hydrogen-bond donors (Lipinski definition) is 2. The van der Waals surface area contributed by atoms with Crippen molar-refractivity contribution in [3.05, 3.63) is 47.5 Å². The number of ether oxygens (including phenoxy) is 2. The zero-order valence-corrected chi connectivity index (χ0v) is 19.0. The zero-order chi connectivity index (χ0) is 25.6. The van der Waals surface area contributed by atoms with Crippen LogP contribution in [-0.2, 0) is 15.1 Å². The largest absolute Gasteiger partial charge is 0.493 e. The first-order valence-corrected chi connectivity index (χ1v) is 10.2. The average Bonchev–Trinajstić information content (AvgIpc) is 3.02. The summed E-state index contributed by atoms with van der Waals surface area (Å²) in [6, 6.07) is 1.83. The number of anilines is 1. The van der Waals surface area contributed by atoms with Crippen LogP contribution in [0.4, 0.5) is 27.6 Å². The number of aromatic nitrogens is 2. The van der Waals surface area contributed by atoms with Crippen molar-refractivity contribution in [2.45, 2.75) is 57.1 Å². The molecule has 3 rings (SSSR count). The molecule has 2 heterocycles. The Morgan fingerprint density at radius 1 is 1.21 bits per heavy atom. The molecule has 0 saturated carbocycles. The SMILES string of the molecule is COc1c([C@H]2[C@H](C(=O)Nc3cnc(C(C)(C)O)nc3)O[C@@](C)(C(F)(F)F)[C@H]2C)ccc(F)c1F. The highest BCUT2D eigenvalue weighted by molar-refractivity contribution is 5.95. The predicted octanol–water partition coefficient (Wildman–Crippen LogP) is 4.07. The van der Waals surface area contributed by atoms with Gasteiger partial charge < -0.3 is 19.9 Å². The van der Waals surface area contributed by atoms with Gasteiger partial charge in [0.25, 0.3) is 5.91 Å². The van der Waals surface area contributed by atoms with Crippen LogP contribution in [0.2, 0.25) is 0 Å². The molecular weight excluding hydrogens is 465 g/mol. The van der Waals surface area contributed by atoms with E-state index in [1.54, 1.807) is 0 Å². The number of carbonyl (C=O) groups is 1. The molecule has 1 aromatic carbocycles. The van der Waals surface area contributed by atoms with Crippen molar-refractivity contribution in [1.29, 1.82) is 0 Å². The summed E-state index contributed by atoms with van der Waals surface area (Å²) in [6.07, 6.45) is -4.27. The summed E-state index contributed by atoms with van der Waals surface area (Å²) in [6.45, 7) is 4.91. The summed E-state index contributed by atoms with van der Waals surface area (Å²) < 4.78 is 80.2. The van der Waals surface area contributed by atoms with Gasteiger partial charge in [0, 0.05) is 17.4 Å². The van der Waals surface area contributed by atoms with Gasteiger partial charge >= 0.3 is 6.18 Å². The van der Waals surface area contributed by atoms with Crippen LogP contribution in [0.1, 0.15) is 45.0 Å². The van der Waals surface area contributed by atoms with Gasteiger partial charge in [0.05, 0.1) is 25.2 Å². The maximum absolute atomic E-state index is 14.4. The first-order chi connectivity index (χ1) is 15.6. The highest BCUT2D eigenvalue weighted by Crippen LogP contribution is 2.55. The van der Waals surface area contributed by atoms with Crippen LogP contribution in [0.3, 0.4) is 0 Å². The summed E-state index contributed by atoms with van der Waals surface area (Å²) >= 11 is 0. The molecule has 186 valence electrons. The molecule has 12 heteroatoms. The predicted molar refractivity (Wildman–Crippen MR) is 110 cm³/mol. The van der Waals surface area contributed by atoms with Gasteiger partial charge in [-0.15, -0.1) is 0 Å². The van der Waals surface area contributed by atoms with Gasteiger partial charge in [-0.05, 0) is 26.8 Å². The van der Waals surface area contributed by atoms with Gasteiger partial charge in [-0.1, -0.05) is 13.0 Å². The minimum Gasteiger partial charge on any atom is -0.493 e. The topological polar surface area (TPSA) is 93.6 Å². The van der Waals surface area contributed by atoms with Gasteiger partial charge in [-0.25, -0.2) is 14.4 Å². The first-order valence-electron chi connectivity index (χ1n) is 10.2. The van der Waals surface area contributed by atoms with E-state index in [0.29, 0.717) is 0 Å². The van der Waals surface area contributed by atoms with Crippen molar-refractivity contribution in [1.82, 2.24) is 9.97 Å². The molecule has 34 heavy (non-hydrogen) atoms. The van der Waals surface area contributed by atoms with E-state index in [-0.39, 0.29) is 17.1 Å². The van der Waals surface area contributed by atoms with Gasteiger partial charge in [-0.3, -0.25) is 4.79 Å². The average molecular weight is 489 g/mol. The normalized spacial score (nSPS) is 25.3. The molecule has 1 fully saturated rings. The lowest BCUT2D eigenvalue weighted by Crippen LogP contribution is -2.47. The Morgan fingerprint density at radius 2 is 1.79 bits per heavy atom. The van der Waals surface area contributed by atoms with Crippen molar-refractivity contribution < 1.29 is 41.3 Å². The summed E-state index contributed by atoms with van der Waals surface area (Å²) in [5, 5.41) is 12.3. The van der Waals surface area contributed by atoms with Gasteiger partial charge in [0.2, 0.25) is 5.82 Å². The minimum absolute atomic E-state index is 0.0332. The molecule has 2 N–H and O–H groups in total. The lowest BCUT2D eigenvalue weighted by atomic mass is 9.77. The minimum atomic E-state index is -4.87. The third-order valence-corrected chi connectivity index (χ3v) is 6.04. The van der Waals surface area contributed by atoms with Gasteiger partial charge in [0.1, 0.15) is 11.7 Å². The number of benzene rings is 1. The molecule has 0 radical (unpaired) electrons. The number of carbonyl (C=O) groups excluding carboxylic acids is 1. The fraction of sp³-hybridized carbons (Fsp3) is 0.500. The second-order valence-corrected chi connectivity index (χ2v) is 8.79. The Balaban J connectivity index is 2.03. The molecule has 7 nitrogen and oxygen atoms in total. The van der Waals surface area contributed by atoms with Gasteiger partial charge in [0.15, 0.2) is 23.0 Å². The molecule has 1 amide bonds. The van der Waals surface area contributed by atoms with Crippen LogP contribution >= 0.6 is 0 Å². The third-order valence-electron chi connectivity index (χ3n) is 6.04. The maximum Gasteiger partial charge on any atom is 0.417 e. The number of halogens is 5. The van der Waals surface area contributed by atoms with E-state index < -0.39 is 58.6 Å². The van der Waals surface area contributed by atoms with E-state index >= 15 is 0 Å². The van der Waals surface area contributed by atoms with Crippen molar-refractivity contribution in [3.8, 4) is 5.75 Å². The zero-order valence-electron chi connectivity index (χ0n) is 19.0. The standard InChI is InChI=1S/C22H24F5N3O4/c1-10-14(12-6-7-13(23)15(24)16(12)33-5)17(34-21(10,4)22(25,26)27)18(31)30-11-8-28-19(29-9-11)20(2,3)32/h6-10,14,17,32H,1-5H3,(H,30,31)/t10-,14-,17+,21+/m0/s1. The summed E-state index contributed by atoms with van der Waals surface area (Å²) in [5.41, 5.74) is -4.23. The quantitative estimate of drug-likeness (QED) is 0.616. The van der Waals surface area contributed by atoms with E-state index in [2.05, 4.69) is 15.3 Å². The number of amides is 1. The molecule has 0 spiro atoms. The molecule has 0 aliphatic carbocycles. The molecule has 1 aliphatic rings. The first kappa shape index (κ1) is 25.8. The van der Waals surface area contributed by atoms with Crippen molar-refractivity contribution >= 4 is 11.6 Å². The third kappa shape index (κ3) is 4.43.